The molecule has 0 unspecified atom stereocenters. The fourth-order valence-corrected chi connectivity index (χ4v) is 4.94. The van der Waals surface area contributed by atoms with Gasteiger partial charge in [-0.1, -0.05) is 18.6 Å². The van der Waals surface area contributed by atoms with Gasteiger partial charge in [-0.3, -0.25) is 0 Å². The lowest BCUT2D eigenvalue weighted by Crippen LogP contribution is -2.08. The third kappa shape index (κ3) is 3.14. The average Bonchev–Trinajstić information content (AvgIpc) is 3.32. The zero-order valence-corrected chi connectivity index (χ0v) is 17.0. The number of aromatic nitrogens is 3. The summed E-state index contributed by atoms with van der Waals surface area (Å²) in [6, 6.07) is 12.0. The summed E-state index contributed by atoms with van der Waals surface area (Å²) in [5.41, 5.74) is 5.01. The highest BCUT2D eigenvalue weighted by Crippen LogP contribution is 2.38. The Morgan fingerprint density at radius 2 is 2.00 bits per heavy atom. The smallest absolute Gasteiger partial charge is 0.157 e. The predicted molar refractivity (Wildman–Crippen MR) is 115 cm³/mol. The number of nitrogens with zero attached hydrogens (tertiary/aromatic N) is 3. The molecule has 3 aromatic heterocycles. The maximum absolute atomic E-state index is 9.46. The summed E-state index contributed by atoms with van der Waals surface area (Å²) in [4.78, 5) is 5.09. The van der Waals surface area contributed by atoms with Gasteiger partial charge in [0, 0.05) is 25.7 Å². The molecule has 3 heterocycles. The molecule has 5 rings (SSSR count). The summed E-state index contributed by atoms with van der Waals surface area (Å²) in [6.07, 6.45) is 8.21. The number of aryl methyl sites for hydroxylation is 3. The highest BCUT2D eigenvalue weighted by molar-refractivity contribution is 7.17. The summed E-state index contributed by atoms with van der Waals surface area (Å²) in [5.74, 6) is 2.06. The van der Waals surface area contributed by atoms with E-state index in [0.29, 0.717) is 11.7 Å². The molecule has 0 amide bonds. The van der Waals surface area contributed by atoms with Crippen molar-refractivity contribution in [1.82, 2.24) is 14.1 Å². The molecule has 144 valence electrons. The minimum absolute atomic E-state index is 0.328. The van der Waals surface area contributed by atoms with Crippen LogP contribution in [0.4, 0.5) is 0 Å². The summed E-state index contributed by atoms with van der Waals surface area (Å²) < 4.78 is 5.95. The van der Waals surface area contributed by atoms with Crippen molar-refractivity contribution >= 4 is 21.6 Å². The normalized spacial score (nSPS) is 14.6. The molecule has 1 fully saturated rings. The molecule has 0 saturated heterocycles. The molecule has 28 heavy (non-hydrogen) atoms. The quantitative estimate of drug-likeness (QED) is 0.457. The van der Waals surface area contributed by atoms with Gasteiger partial charge in [-0.15, -0.1) is 11.3 Å². The largest absolute Gasteiger partial charge is 0.508 e. The van der Waals surface area contributed by atoms with Gasteiger partial charge in [0.05, 0.1) is 21.6 Å². The summed E-state index contributed by atoms with van der Waals surface area (Å²) in [5, 5.41) is 11.6. The summed E-state index contributed by atoms with van der Waals surface area (Å²) in [7, 11) is 2.14. The van der Waals surface area contributed by atoms with Gasteiger partial charge < -0.3 is 14.2 Å². The van der Waals surface area contributed by atoms with Crippen molar-refractivity contribution in [2.24, 2.45) is 7.05 Å². The van der Waals surface area contributed by atoms with Gasteiger partial charge in [-0.05, 0) is 60.9 Å². The number of hydrogen-bond acceptors (Lipinski definition) is 3. The van der Waals surface area contributed by atoms with E-state index in [-0.39, 0.29) is 0 Å². The fraction of sp³-hybridized carbons (Fsp3) is 0.348. The van der Waals surface area contributed by atoms with Crippen LogP contribution >= 0.6 is 11.3 Å². The monoisotopic (exact) mass is 391 g/mol. The molecule has 4 aromatic rings. The molecule has 1 saturated carbocycles. The molecule has 1 aromatic carbocycles. The Hall–Kier alpha value is -2.53. The second-order valence-electron chi connectivity index (χ2n) is 7.84. The van der Waals surface area contributed by atoms with Crippen molar-refractivity contribution in [3.05, 3.63) is 59.2 Å². The highest BCUT2D eigenvalue weighted by atomic mass is 32.1. The van der Waals surface area contributed by atoms with Crippen LogP contribution in [-0.4, -0.2) is 19.2 Å². The number of imidazole rings is 1. The predicted octanol–water partition coefficient (Wildman–Crippen LogP) is 5.71. The van der Waals surface area contributed by atoms with Crippen molar-refractivity contribution in [1.29, 1.82) is 0 Å². The standard InChI is InChI=1S/C23H25N3OS/c1-25-20-11-13-28-22(20)14-21(25)23-24-19(17-5-2-6-17)15-26(23)12-3-4-16-7-9-18(27)10-8-16/h7-11,13-15,17,27H,2-6,12H2,1H3. The van der Waals surface area contributed by atoms with E-state index in [2.05, 4.69) is 39.9 Å². The topological polar surface area (TPSA) is 43.0 Å². The van der Waals surface area contributed by atoms with Gasteiger partial charge in [-0.2, -0.15) is 0 Å². The van der Waals surface area contributed by atoms with Crippen LogP contribution in [-0.2, 0) is 20.0 Å². The van der Waals surface area contributed by atoms with Gasteiger partial charge in [0.25, 0.3) is 0 Å². The third-order valence-corrected chi connectivity index (χ3v) is 6.87. The van der Waals surface area contributed by atoms with Gasteiger partial charge in [0.15, 0.2) is 5.82 Å². The molecule has 0 aliphatic heterocycles. The first kappa shape index (κ1) is 17.6. The van der Waals surface area contributed by atoms with Crippen molar-refractivity contribution < 1.29 is 5.11 Å². The fourth-order valence-electron chi connectivity index (χ4n) is 4.09. The first-order valence-corrected chi connectivity index (χ1v) is 11.0. The molecule has 4 nitrogen and oxygen atoms in total. The van der Waals surface area contributed by atoms with Crippen LogP contribution in [0.1, 0.15) is 42.9 Å². The summed E-state index contributed by atoms with van der Waals surface area (Å²) >= 11 is 1.79. The number of thiophene rings is 1. The number of rotatable bonds is 6. The Morgan fingerprint density at radius 1 is 1.18 bits per heavy atom. The molecule has 1 aliphatic rings. The Kier molecular flexibility index (Phi) is 4.47. The Bertz CT molecular complexity index is 1100. The van der Waals surface area contributed by atoms with Gasteiger partial charge in [0.1, 0.15) is 5.75 Å². The lowest BCUT2D eigenvalue weighted by Gasteiger charge is -2.22. The Balaban J connectivity index is 1.42. The van der Waals surface area contributed by atoms with Crippen LogP contribution in [0.25, 0.3) is 21.7 Å². The zero-order valence-electron chi connectivity index (χ0n) is 16.1. The lowest BCUT2D eigenvalue weighted by atomic mass is 9.83. The molecule has 1 aliphatic carbocycles. The van der Waals surface area contributed by atoms with Crippen LogP contribution < -0.4 is 0 Å². The van der Waals surface area contributed by atoms with E-state index in [1.165, 1.54) is 46.4 Å². The first-order valence-electron chi connectivity index (χ1n) is 10.1. The number of benzene rings is 1. The van der Waals surface area contributed by atoms with Crippen molar-refractivity contribution in [3.8, 4) is 17.3 Å². The first-order chi connectivity index (χ1) is 13.7. The van der Waals surface area contributed by atoms with E-state index in [4.69, 9.17) is 4.98 Å². The molecule has 5 heteroatoms. The Labute approximate surface area is 169 Å². The van der Waals surface area contributed by atoms with Gasteiger partial charge >= 0.3 is 0 Å². The second kappa shape index (κ2) is 7.13. The number of phenols is 1. The van der Waals surface area contributed by atoms with Crippen molar-refractivity contribution in [3.63, 3.8) is 0 Å². The van der Waals surface area contributed by atoms with Gasteiger partial charge in [-0.25, -0.2) is 4.98 Å². The molecular weight excluding hydrogens is 366 g/mol. The SMILES string of the molecule is Cn1c(-c2nc(C3CCC3)cn2CCCc2ccc(O)cc2)cc2sccc21. The number of hydrogen-bond donors (Lipinski definition) is 1. The molecule has 0 spiro atoms. The van der Waals surface area contributed by atoms with Crippen molar-refractivity contribution in [2.45, 2.75) is 44.6 Å². The number of aromatic hydroxyl groups is 1. The molecular formula is C23H25N3OS. The zero-order chi connectivity index (χ0) is 19.1. The minimum atomic E-state index is 0.328. The van der Waals surface area contributed by atoms with Crippen molar-refractivity contribution in [2.75, 3.05) is 0 Å². The van der Waals surface area contributed by atoms with E-state index in [1.54, 1.807) is 23.5 Å². The van der Waals surface area contributed by atoms with Crippen LogP contribution in [0.2, 0.25) is 0 Å². The number of fused-ring (bicyclic) bond motifs is 1. The maximum atomic E-state index is 9.46. The van der Waals surface area contributed by atoms with Crippen LogP contribution in [0.15, 0.2) is 48.0 Å². The molecule has 0 radical (unpaired) electrons. The Morgan fingerprint density at radius 3 is 2.71 bits per heavy atom. The molecule has 0 atom stereocenters. The minimum Gasteiger partial charge on any atom is -0.508 e. The van der Waals surface area contributed by atoms with E-state index in [0.717, 1.165) is 25.2 Å². The van der Waals surface area contributed by atoms with Crippen LogP contribution in [0, 0.1) is 0 Å². The van der Waals surface area contributed by atoms with Gasteiger partial charge in [0.2, 0.25) is 0 Å². The molecule has 0 bridgehead atoms. The third-order valence-electron chi connectivity index (χ3n) is 6.01. The highest BCUT2D eigenvalue weighted by Gasteiger charge is 2.24. The average molecular weight is 392 g/mol. The van der Waals surface area contributed by atoms with E-state index < -0.39 is 0 Å². The second-order valence-corrected chi connectivity index (χ2v) is 8.79. The summed E-state index contributed by atoms with van der Waals surface area (Å²) in [6.45, 7) is 0.953. The van der Waals surface area contributed by atoms with E-state index in [1.807, 2.05) is 12.1 Å². The molecule has 1 N–H and O–H groups in total. The van der Waals surface area contributed by atoms with E-state index >= 15 is 0 Å². The number of phenolic OH excluding ortho intramolecular Hbond substituents is 1. The van der Waals surface area contributed by atoms with Crippen LogP contribution in [0.3, 0.4) is 0 Å². The lowest BCUT2D eigenvalue weighted by molar-refractivity contribution is 0.412. The van der Waals surface area contributed by atoms with E-state index in [9.17, 15) is 5.11 Å². The van der Waals surface area contributed by atoms with Crippen LogP contribution in [0.5, 0.6) is 5.75 Å². The maximum Gasteiger partial charge on any atom is 0.157 e.